The number of amides is 2. The highest BCUT2D eigenvalue weighted by Crippen LogP contribution is 2.25. The predicted octanol–water partition coefficient (Wildman–Crippen LogP) is 3.29. The van der Waals surface area contributed by atoms with Crippen LogP contribution in [0.4, 0.5) is 16.2 Å². The largest absolute Gasteiger partial charge is 0.496 e. The summed E-state index contributed by atoms with van der Waals surface area (Å²) in [6.07, 6.45) is 0.852. The molecule has 2 amide bonds. The van der Waals surface area contributed by atoms with E-state index in [0.717, 1.165) is 23.4 Å². The highest BCUT2D eigenvalue weighted by Gasteiger charge is 2.27. The number of carbonyl (C=O) groups excluding carboxylic acids is 1. The van der Waals surface area contributed by atoms with Gasteiger partial charge in [-0.05, 0) is 43.7 Å². The first kappa shape index (κ1) is 20.0. The molecule has 3 rings (SSSR count). The van der Waals surface area contributed by atoms with Crippen LogP contribution in [0.25, 0.3) is 0 Å². The third-order valence-electron chi connectivity index (χ3n) is 4.70. The number of rotatable bonds is 7. The lowest BCUT2D eigenvalue weighted by molar-refractivity contribution is 0.192. The maximum Gasteiger partial charge on any atom is 0.324 e. The van der Waals surface area contributed by atoms with Crippen LogP contribution < -0.4 is 14.4 Å². The molecular weight excluding hydrogens is 378 g/mol. The zero-order valence-electron chi connectivity index (χ0n) is 16.1. The number of carbonyl (C=O) groups is 1. The third kappa shape index (κ3) is 4.56. The summed E-state index contributed by atoms with van der Waals surface area (Å²) in [5, 5.41) is 0. The van der Waals surface area contributed by atoms with Crippen LogP contribution in [0, 0.1) is 0 Å². The van der Waals surface area contributed by atoms with Crippen molar-refractivity contribution in [3.05, 3.63) is 54.1 Å². The molecule has 2 aromatic carbocycles. The lowest BCUT2D eigenvalue weighted by Gasteiger charge is -2.36. The zero-order chi connectivity index (χ0) is 20.1. The van der Waals surface area contributed by atoms with Gasteiger partial charge >= 0.3 is 6.03 Å². The maximum absolute atomic E-state index is 13.0. The average molecular weight is 404 g/mol. The number of anilines is 2. The summed E-state index contributed by atoms with van der Waals surface area (Å²) in [5.41, 5.74) is 2.19. The third-order valence-corrected chi connectivity index (χ3v) is 6.00. The molecule has 1 aliphatic heterocycles. The number of urea groups is 1. The molecule has 1 fully saturated rings. The van der Waals surface area contributed by atoms with Crippen molar-refractivity contribution in [2.24, 2.45) is 0 Å². The van der Waals surface area contributed by atoms with E-state index in [-0.39, 0.29) is 11.8 Å². The number of sulfonamides is 1. The van der Waals surface area contributed by atoms with Gasteiger partial charge in [0.2, 0.25) is 10.0 Å². The molecule has 0 atom stereocenters. The van der Waals surface area contributed by atoms with Crippen LogP contribution in [0.5, 0.6) is 5.75 Å². The molecule has 0 radical (unpaired) electrons. The number of nitrogens with one attached hydrogen (secondary N) is 1. The monoisotopic (exact) mass is 403 g/mol. The molecule has 28 heavy (non-hydrogen) atoms. The molecule has 1 aliphatic rings. The zero-order valence-corrected chi connectivity index (χ0v) is 16.9. The van der Waals surface area contributed by atoms with E-state index >= 15 is 0 Å². The van der Waals surface area contributed by atoms with E-state index in [1.807, 2.05) is 24.3 Å². The maximum atomic E-state index is 13.0. The Morgan fingerprint density at radius 2 is 1.79 bits per heavy atom. The Morgan fingerprint density at radius 1 is 1.07 bits per heavy atom. The Bertz CT molecular complexity index is 929. The van der Waals surface area contributed by atoms with Crippen LogP contribution >= 0.6 is 0 Å². The van der Waals surface area contributed by atoms with Gasteiger partial charge < -0.3 is 9.64 Å². The first-order chi connectivity index (χ1) is 13.4. The molecule has 1 saturated heterocycles. The second-order valence-electron chi connectivity index (χ2n) is 6.57. The van der Waals surface area contributed by atoms with E-state index in [1.165, 1.54) is 0 Å². The molecule has 7 nitrogen and oxygen atoms in total. The van der Waals surface area contributed by atoms with Crippen molar-refractivity contribution in [1.82, 2.24) is 4.90 Å². The summed E-state index contributed by atoms with van der Waals surface area (Å²) in [6.45, 7) is 3.37. The number of ether oxygens (including phenoxy) is 1. The van der Waals surface area contributed by atoms with Crippen LogP contribution in [-0.2, 0) is 16.6 Å². The topological polar surface area (TPSA) is 79.0 Å². The number of para-hydroxylation sites is 1. The normalized spacial score (nSPS) is 14.9. The van der Waals surface area contributed by atoms with Gasteiger partial charge in [-0.2, -0.15) is 0 Å². The quantitative estimate of drug-likeness (QED) is 0.769. The fourth-order valence-corrected chi connectivity index (χ4v) is 3.81. The van der Waals surface area contributed by atoms with E-state index in [2.05, 4.69) is 4.72 Å². The van der Waals surface area contributed by atoms with E-state index in [9.17, 15) is 13.2 Å². The van der Waals surface area contributed by atoms with E-state index in [0.29, 0.717) is 25.3 Å². The van der Waals surface area contributed by atoms with E-state index < -0.39 is 10.0 Å². The Labute approximate surface area is 166 Å². The van der Waals surface area contributed by atoms with Crippen LogP contribution in [0.3, 0.4) is 0 Å². The van der Waals surface area contributed by atoms with Gasteiger partial charge in [0.15, 0.2) is 0 Å². The van der Waals surface area contributed by atoms with Crippen molar-refractivity contribution in [3.8, 4) is 5.75 Å². The molecule has 150 valence electrons. The minimum atomic E-state index is -3.32. The summed E-state index contributed by atoms with van der Waals surface area (Å²) in [7, 11) is -1.70. The van der Waals surface area contributed by atoms with Crippen molar-refractivity contribution in [2.45, 2.75) is 19.9 Å². The highest BCUT2D eigenvalue weighted by molar-refractivity contribution is 7.92. The van der Waals surface area contributed by atoms with Crippen molar-refractivity contribution < 1.29 is 17.9 Å². The van der Waals surface area contributed by atoms with E-state index in [1.54, 1.807) is 48.1 Å². The summed E-state index contributed by atoms with van der Waals surface area (Å²) >= 11 is 0. The van der Waals surface area contributed by atoms with Gasteiger partial charge in [0.1, 0.15) is 5.75 Å². The lowest BCUT2D eigenvalue weighted by atomic mass is 10.1. The molecular formula is C20H25N3O4S. The molecule has 0 spiro atoms. The SMILES string of the molecule is CCS(=O)(=O)Nc1ccc(N2CCCN(Cc3ccccc3OC)C2=O)cc1. The van der Waals surface area contributed by atoms with Crippen molar-refractivity contribution in [3.63, 3.8) is 0 Å². The Morgan fingerprint density at radius 3 is 2.46 bits per heavy atom. The molecule has 1 heterocycles. The van der Waals surface area contributed by atoms with Gasteiger partial charge in [-0.3, -0.25) is 9.62 Å². The molecule has 2 aromatic rings. The van der Waals surface area contributed by atoms with Gasteiger partial charge in [0.05, 0.1) is 19.4 Å². The standard InChI is InChI=1S/C20H25N3O4S/c1-3-28(25,26)21-17-9-11-18(12-10-17)23-14-6-13-22(20(23)24)15-16-7-4-5-8-19(16)27-2/h4-5,7-12,21H,3,6,13-15H2,1-2H3. The summed E-state index contributed by atoms with van der Waals surface area (Å²) < 4.78 is 31.3. The van der Waals surface area contributed by atoms with Gasteiger partial charge in [-0.15, -0.1) is 0 Å². The number of nitrogens with zero attached hydrogens (tertiary/aromatic N) is 2. The average Bonchev–Trinajstić information content (AvgIpc) is 2.70. The fraction of sp³-hybridized carbons (Fsp3) is 0.350. The van der Waals surface area contributed by atoms with Gasteiger partial charge in [-0.25, -0.2) is 13.2 Å². The Hall–Kier alpha value is -2.74. The summed E-state index contributed by atoms with van der Waals surface area (Å²) in [4.78, 5) is 16.5. The molecule has 0 unspecified atom stereocenters. The molecule has 0 bridgehead atoms. The first-order valence-electron chi connectivity index (χ1n) is 9.22. The number of benzene rings is 2. The number of hydrogen-bond acceptors (Lipinski definition) is 4. The smallest absolute Gasteiger partial charge is 0.324 e. The Balaban J connectivity index is 1.73. The van der Waals surface area contributed by atoms with Crippen LogP contribution in [0.15, 0.2) is 48.5 Å². The number of hydrogen-bond donors (Lipinski definition) is 1. The molecule has 1 N–H and O–H groups in total. The molecule has 0 aromatic heterocycles. The predicted molar refractivity (Wildman–Crippen MR) is 110 cm³/mol. The van der Waals surface area contributed by atoms with Crippen LogP contribution in [0.2, 0.25) is 0 Å². The van der Waals surface area contributed by atoms with Crippen LogP contribution in [0.1, 0.15) is 18.9 Å². The minimum Gasteiger partial charge on any atom is -0.496 e. The van der Waals surface area contributed by atoms with Gasteiger partial charge in [0, 0.05) is 30.0 Å². The van der Waals surface area contributed by atoms with Gasteiger partial charge in [-0.1, -0.05) is 18.2 Å². The summed E-state index contributed by atoms with van der Waals surface area (Å²) in [6, 6.07) is 14.5. The second-order valence-corrected chi connectivity index (χ2v) is 8.58. The summed E-state index contributed by atoms with van der Waals surface area (Å²) in [5.74, 6) is 0.775. The highest BCUT2D eigenvalue weighted by atomic mass is 32.2. The molecule has 0 aliphatic carbocycles. The molecule has 8 heteroatoms. The van der Waals surface area contributed by atoms with Crippen molar-refractivity contribution >= 4 is 27.4 Å². The second kappa shape index (κ2) is 8.52. The van der Waals surface area contributed by atoms with Gasteiger partial charge in [0.25, 0.3) is 0 Å². The minimum absolute atomic E-state index is 0.0112. The number of methoxy groups -OCH3 is 1. The van der Waals surface area contributed by atoms with Crippen LogP contribution in [-0.4, -0.2) is 45.3 Å². The van der Waals surface area contributed by atoms with E-state index in [4.69, 9.17) is 4.74 Å². The molecule has 0 saturated carbocycles. The van der Waals surface area contributed by atoms with Crippen molar-refractivity contribution in [2.75, 3.05) is 35.6 Å². The lowest BCUT2D eigenvalue weighted by Crippen LogP contribution is -2.49. The van der Waals surface area contributed by atoms with Crippen molar-refractivity contribution in [1.29, 1.82) is 0 Å². The Kier molecular flexibility index (Phi) is 6.08. The fourth-order valence-electron chi connectivity index (χ4n) is 3.17. The first-order valence-corrected chi connectivity index (χ1v) is 10.9.